The number of fused-ring (bicyclic) bond motifs is 1. The molecule has 2 aliphatic heterocycles. The Morgan fingerprint density at radius 2 is 1.71 bits per heavy atom. The first kappa shape index (κ1) is 22.7. The predicted molar refractivity (Wildman–Crippen MR) is 131 cm³/mol. The standard InChI is InChI=1S/C25H33N7O2/c1-18-12-19(2)15-31(14-18)23(33)17-30-10-8-29(9-11-30)16-22-27-24-21(25(34)28-22)13-26-32(24)20-6-4-3-5-7-20/h3-7,13,18-19H,8-12,14-17H2,1-2H3,(H,27,28,34). The topological polar surface area (TPSA) is 90.4 Å². The Labute approximate surface area is 199 Å². The van der Waals surface area contributed by atoms with Crippen LogP contribution in [0.2, 0.25) is 0 Å². The lowest BCUT2D eigenvalue weighted by Gasteiger charge is -2.38. The molecule has 2 aromatic heterocycles. The molecule has 2 unspecified atom stereocenters. The molecule has 1 N–H and O–H groups in total. The van der Waals surface area contributed by atoms with E-state index in [4.69, 9.17) is 4.98 Å². The number of nitrogens with one attached hydrogen (secondary N) is 1. The van der Waals surface area contributed by atoms with Gasteiger partial charge in [0.1, 0.15) is 11.2 Å². The molecule has 180 valence electrons. The van der Waals surface area contributed by atoms with Gasteiger partial charge in [0.05, 0.1) is 25.0 Å². The summed E-state index contributed by atoms with van der Waals surface area (Å²) in [4.78, 5) is 39.7. The summed E-state index contributed by atoms with van der Waals surface area (Å²) in [5.41, 5.74) is 1.27. The van der Waals surface area contributed by atoms with Gasteiger partial charge in [0, 0.05) is 39.3 Å². The quantitative estimate of drug-likeness (QED) is 0.620. The molecule has 0 aliphatic carbocycles. The fourth-order valence-electron chi connectivity index (χ4n) is 5.27. The average Bonchev–Trinajstić information content (AvgIpc) is 3.25. The molecule has 4 heterocycles. The maximum Gasteiger partial charge on any atom is 0.262 e. The molecule has 9 nitrogen and oxygen atoms in total. The van der Waals surface area contributed by atoms with E-state index in [1.165, 1.54) is 6.42 Å². The molecule has 2 saturated heterocycles. The molecule has 1 aromatic carbocycles. The molecular formula is C25H33N7O2. The van der Waals surface area contributed by atoms with E-state index >= 15 is 0 Å². The molecule has 1 amide bonds. The first-order chi connectivity index (χ1) is 16.5. The molecule has 5 rings (SSSR count). The van der Waals surface area contributed by atoms with Crippen LogP contribution in [0.3, 0.4) is 0 Å². The van der Waals surface area contributed by atoms with Gasteiger partial charge in [-0.1, -0.05) is 32.0 Å². The molecule has 3 aromatic rings. The van der Waals surface area contributed by atoms with E-state index in [1.807, 2.05) is 35.2 Å². The largest absolute Gasteiger partial charge is 0.341 e. The van der Waals surface area contributed by atoms with Crippen molar-refractivity contribution in [2.45, 2.75) is 26.8 Å². The fraction of sp³-hybridized carbons (Fsp3) is 0.520. The Morgan fingerprint density at radius 3 is 2.41 bits per heavy atom. The van der Waals surface area contributed by atoms with Crippen LogP contribution in [-0.4, -0.2) is 86.2 Å². The van der Waals surface area contributed by atoms with Crippen molar-refractivity contribution in [3.63, 3.8) is 0 Å². The summed E-state index contributed by atoms with van der Waals surface area (Å²) in [6.45, 7) is 10.6. The smallest absolute Gasteiger partial charge is 0.262 e. The second-order valence-electron chi connectivity index (χ2n) is 9.94. The van der Waals surface area contributed by atoms with E-state index in [2.05, 4.69) is 33.7 Å². The summed E-state index contributed by atoms with van der Waals surface area (Å²) in [7, 11) is 0. The molecule has 2 atom stereocenters. The van der Waals surface area contributed by atoms with Crippen LogP contribution in [-0.2, 0) is 11.3 Å². The number of hydrogen-bond acceptors (Lipinski definition) is 6. The van der Waals surface area contributed by atoms with Gasteiger partial charge in [-0.2, -0.15) is 5.10 Å². The van der Waals surface area contributed by atoms with Crippen LogP contribution in [0.5, 0.6) is 0 Å². The van der Waals surface area contributed by atoms with Gasteiger partial charge in [-0.15, -0.1) is 0 Å². The maximum absolute atomic E-state index is 12.8. The van der Waals surface area contributed by atoms with E-state index in [9.17, 15) is 9.59 Å². The number of aromatic nitrogens is 4. The van der Waals surface area contributed by atoms with Crippen LogP contribution < -0.4 is 5.56 Å². The molecule has 2 fully saturated rings. The number of carbonyl (C=O) groups is 1. The van der Waals surface area contributed by atoms with Crippen molar-refractivity contribution in [1.82, 2.24) is 34.4 Å². The highest BCUT2D eigenvalue weighted by molar-refractivity contribution is 5.78. The third-order valence-electron chi connectivity index (χ3n) is 6.91. The van der Waals surface area contributed by atoms with Crippen LogP contribution in [0.4, 0.5) is 0 Å². The molecule has 34 heavy (non-hydrogen) atoms. The molecular weight excluding hydrogens is 430 g/mol. The van der Waals surface area contributed by atoms with E-state index < -0.39 is 0 Å². The van der Waals surface area contributed by atoms with Crippen molar-refractivity contribution in [3.05, 3.63) is 52.7 Å². The Bertz CT molecular complexity index is 1190. The van der Waals surface area contributed by atoms with E-state index in [0.29, 0.717) is 41.8 Å². The SMILES string of the molecule is CC1CC(C)CN(C(=O)CN2CCN(Cc3nc4c(cnn4-c4ccccc4)c(=O)[nH]3)CC2)C1. The molecule has 0 spiro atoms. The zero-order valence-corrected chi connectivity index (χ0v) is 20.0. The predicted octanol–water partition coefficient (Wildman–Crippen LogP) is 1.73. The summed E-state index contributed by atoms with van der Waals surface area (Å²) in [6.07, 6.45) is 2.77. The number of H-pyrrole nitrogens is 1. The van der Waals surface area contributed by atoms with E-state index in [1.54, 1.807) is 10.9 Å². The fourth-order valence-corrected chi connectivity index (χ4v) is 5.27. The number of aromatic amines is 1. The van der Waals surface area contributed by atoms with Gasteiger partial charge >= 0.3 is 0 Å². The lowest BCUT2D eigenvalue weighted by molar-refractivity contribution is -0.135. The van der Waals surface area contributed by atoms with Crippen LogP contribution in [0.25, 0.3) is 16.7 Å². The molecule has 0 saturated carbocycles. The van der Waals surface area contributed by atoms with Gasteiger partial charge in [-0.25, -0.2) is 9.67 Å². The minimum atomic E-state index is -0.170. The Kier molecular flexibility index (Phi) is 6.47. The highest BCUT2D eigenvalue weighted by atomic mass is 16.2. The summed E-state index contributed by atoms with van der Waals surface area (Å²) in [5, 5.41) is 4.86. The van der Waals surface area contributed by atoms with E-state index in [-0.39, 0.29) is 11.5 Å². The minimum Gasteiger partial charge on any atom is -0.341 e. The number of carbonyl (C=O) groups excluding carboxylic acids is 1. The van der Waals surface area contributed by atoms with Crippen LogP contribution in [0.1, 0.15) is 26.1 Å². The number of benzene rings is 1. The number of rotatable bonds is 5. The Morgan fingerprint density at radius 1 is 1.03 bits per heavy atom. The van der Waals surface area contributed by atoms with Gasteiger partial charge in [0.2, 0.25) is 5.91 Å². The second-order valence-corrected chi connectivity index (χ2v) is 9.94. The van der Waals surface area contributed by atoms with Crippen molar-refractivity contribution in [2.75, 3.05) is 45.8 Å². The van der Waals surface area contributed by atoms with Crippen LogP contribution in [0, 0.1) is 11.8 Å². The molecule has 0 bridgehead atoms. The van der Waals surface area contributed by atoms with Gasteiger partial charge in [-0.3, -0.25) is 19.4 Å². The number of nitrogens with zero attached hydrogens (tertiary/aromatic N) is 6. The number of piperidine rings is 1. The highest BCUT2D eigenvalue weighted by Gasteiger charge is 2.27. The summed E-state index contributed by atoms with van der Waals surface area (Å²) >= 11 is 0. The number of para-hydroxylation sites is 1. The van der Waals surface area contributed by atoms with E-state index in [0.717, 1.165) is 45.0 Å². The van der Waals surface area contributed by atoms with Gasteiger partial charge in [0.25, 0.3) is 5.56 Å². The zero-order valence-electron chi connectivity index (χ0n) is 20.0. The van der Waals surface area contributed by atoms with Crippen LogP contribution in [0.15, 0.2) is 41.3 Å². The van der Waals surface area contributed by atoms with Gasteiger partial charge in [0.15, 0.2) is 5.65 Å². The van der Waals surface area contributed by atoms with Gasteiger partial charge in [-0.05, 0) is 30.4 Å². The first-order valence-electron chi connectivity index (χ1n) is 12.2. The maximum atomic E-state index is 12.8. The number of hydrogen-bond donors (Lipinski definition) is 1. The lowest BCUT2D eigenvalue weighted by atomic mass is 9.92. The number of piperazine rings is 1. The van der Waals surface area contributed by atoms with Crippen molar-refractivity contribution < 1.29 is 4.79 Å². The average molecular weight is 464 g/mol. The normalized spacial score (nSPS) is 22.4. The summed E-state index contributed by atoms with van der Waals surface area (Å²) in [6, 6.07) is 9.71. The van der Waals surface area contributed by atoms with Crippen molar-refractivity contribution in [1.29, 1.82) is 0 Å². The van der Waals surface area contributed by atoms with Crippen molar-refractivity contribution >= 4 is 16.9 Å². The number of likely N-dealkylation sites (tertiary alicyclic amines) is 1. The minimum absolute atomic E-state index is 0.170. The highest BCUT2D eigenvalue weighted by Crippen LogP contribution is 2.21. The van der Waals surface area contributed by atoms with Gasteiger partial charge < -0.3 is 9.88 Å². The lowest BCUT2D eigenvalue weighted by Crippen LogP contribution is -2.51. The summed E-state index contributed by atoms with van der Waals surface area (Å²) in [5.74, 6) is 2.04. The molecule has 9 heteroatoms. The van der Waals surface area contributed by atoms with Crippen LogP contribution >= 0.6 is 0 Å². The third-order valence-corrected chi connectivity index (χ3v) is 6.91. The third kappa shape index (κ3) is 4.90. The molecule has 2 aliphatic rings. The Balaban J connectivity index is 1.21. The monoisotopic (exact) mass is 463 g/mol. The zero-order chi connectivity index (χ0) is 23.7. The van der Waals surface area contributed by atoms with Crippen molar-refractivity contribution in [3.8, 4) is 5.69 Å². The number of amides is 1. The molecule has 0 radical (unpaired) electrons. The van der Waals surface area contributed by atoms with Crippen molar-refractivity contribution in [2.24, 2.45) is 11.8 Å². The first-order valence-corrected chi connectivity index (χ1v) is 12.2. The Hall–Kier alpha value is -3.04. The second kappa shape index (κ2) is 9.68. The summed E-state index contributed by atoms with van der Waals surface area (Å²) < 4.78 is 1.71.